The van der Waals surface area contributed by atoms with Gasteiger partial charge in [-0.2, -0.15) is 4.98 Å². The van der Waals surface area contributed by atoms with Crippen LogP contribution in [0.4, 0.5) is 5.82 Å². The average molecular weight is 365 g/mol. The second-order valence-corrected chi connectivity index (χ2v) is 6.91. The van der Waals surface area contributed by atoms with Crippen LogP contribution in [0.5, 0.6) is 0 Å². The molecular weight excluding hydrogens is 342 g/mol. The minimum atomic E-state index is 0.116. The first-order valence-electron chi connectivity index (χ1n) is 9.32. The van der Waals surface area contributed by atoms with Crippen LogP contribution in [-0.2, 0) is 11.3 Å². The van der Waals surface area contributed by atoms with Gasteiger partial charge in [0.15, 0.2) is 0 Å². The van der Waals surface area contributed by atoms with E-state index in [-0.39, 0.29) is 11.9 Å². The summed E-state index contributed by atoms with van der Waals surface area (Å²) in [5, 5.41) is 4.85. The summed E-state index contributed by atoms with van der Waals surface area (Å²) in [6.07, 6.45) is 2.84. The predicted octanol–water partition coefficient (Wildman–Crippen LogP) is 2.94. The Morgan fingerprint density at radius 3 is 2.81 bits per heavy atom. The molecule has 0 bridgehead atoms. The van der Waals surface area contributed by atoms with Crippen LogP contribution in [0.25, 0.3) is 11.1 Å². The van der Waals surface area contributed by atoms with Crippen molar-refractivity contribution in [2.24, 2.45) is 0 Å². The maximum atomic E-state index is 12.9. The maximum absolute atomic E-state index is 12.9. The summed E-state index contributed by atoms with van der Waals surface area (Å²) in [6, 6.07) is 10.3. The van der Waals surface area contributed by atoms with Gasteiger partial charge in [-0.05, 0) is 18.9 Å². The van der Waals surface area contributed by atoms with Gasteiger partial charge in [0.05, 0.1) is 5.69 Å². The number of fused-ring (bicyclic) bond motifs is 1. The van der Waals surface area contributed by atoms with Gasteiger partial charge in [0.2, 0.25) is 5.91 Å². The van der Waals surface area contributed by atoms with Gasteiger partial charge in [-0.1, -0.05) is 42.4 Å². The molecule has 3 aromatic rings. The molecule has 27 heavy (non-hydrogen) atoms. The predicted molar refractivity (Wildman–Crippen MR) is 102 cm³/mol. The number of benzene rings is 1. The normalized spacial score (nSPS) is 18.1. The number of aryl methyl sites for hydroxylation is 1. The first-order chi connectivity index (χ1) is 13.2. The number of amides is 1. The number of rotatable bonds is 4. The summed E-state index contributed by atoms with van der Waals surface area (Å²) in [7, 11) is 0. The van der Waals surface area contributed by atoms with Crippen LogP contribution in [0.3, 0.4) is 0 Å². The fourth-order valence-electron chi connectivity index (χ4n) is 3.70. The minimum absolute atomic E-state index is 0.116. The Morgan fingerprint density at radius 2 is 2.04 bits per heavy atom. The standard InChI is InChI=1S/C20H23N5O2/c1-3-16-12-24(19-18-14(2)23-27-20(18)22-13-21-19)10-9-17(26)25(16)11-15-7-5-4-6-8-15/h4-8,13,16H,3,9-12H2,1-2H3. The van der Waals surface area contributed by atoms with E-state index in [1.807, 2.05) is 30.0 Å². The van der Waals surface area contributed by atoms with Gasteiger partial charge in [0.25, 0.3) is 5.71 Å². The molecule has 1 saturated heterocycles. The van der Waals surface area contributed by atoms with Gasteiger partial charge < -0.3 is 14.3 Å². The molecule has 4 rings (SSSR count). The van der Waals surface area contributed by atoms with Crippen molar-refractivity contribution >= 4 is 22.8 Å². The van der Waals surface area contributed by atoms with E-state index in [4.69, 9.17) is 4.52 Å². The molecule has 0 radical (unpaired) electrons. The van der Waals surface area contributed by atoms with Crippen LogP contribution in [0, 0.1) is 6.92 Å². The van der Waals surface area contributed by atoms with Gasteiger partial charge >= 0.3 is 0 Å². The van der Waals surface area contributed by atoms with Crippen LogP contribution in [0.2, 0.25) is 0 Å². The number of anilines is 1. The Labute approximate surface area is 158 Å². The van der Waals surface area contributed by atoms with E-state index in [2.05, 4.69) is 39.1 Å². The number of aromatic nitrogens is 3. The summed E-state index contributed by atoms with van der Waals surface area (Å²) in [5.74, 6) is 0.979. The van der Waals surface area contributed by atoms with Crippen LogP contribution in [0.1, 0.15) is 31.0 Å². The third kappa shape index (κ3) is 3.37. The second-order valence-electron chi connectivity index (χ2n) is 6.91. The molecule has 1 amide bonds. The number of nitrogens with zero attached hydrogens (tertiary/aromatic N) is 5. The summed E-state index contributed by atoms with van der Waals surface area (Å²) in [5.41, 5.74) is 2.41. The van der Waals surface area contributed by atoms with Crippen molar-refractivity contribution < 1.29 is 9.32 Å². The lowest BCUT2D eigenvalue weighted by Gasteiger charge is -2.31. The van der Waals surface area contributed by atoms with Gasteiger partial charge in [-0.3, -0.25) is 4.79 Å². The number of hydrogen-bond donors (Lipinski definition) is 0. The van der Waals surface area contributed by atoms with Crippen molar-refractivity contribution in [1.82, 2.24) is 20.0 Å². The molecular formula is C20H23N5O2. The van der Waals surface area contributed by atoms with Crippen LogP contribution in [-0.4, -0.2) is 45.1 Å². The molecule has 0 N–H and O–H groups in total. The third-order valence-corrected chi connectivity index (χ3v) is 5.18. The molecule has 2 aromatic heterocycles. The highest BCUT2D eigenvalue weighted by atomic mass is 16.5. The molecule has 7 heteroatoms. The Balaban J connectivity index is 1.64. The molecule has 0 saturated carbocycles. The SMILES string of the molecule is CCC1CN(c2ncnc3onc(C)c23)CCC(=O)N1Cc1ccccc1. The molecule has 1 unspecified atom stereocenters. The Hall–Kier alpha value is -2.96. The smallest absolute Gasteiger partial charge is 0.263 e. The summed E-state index contributed by atoms with van der Waals surface area (Å²) in [6.45, 7) is 6.00. The maximum Gasteiger partial charge on any atom is 0.263 e. The number of hydrogen-bond acceptors (Lipinski definition) is 6. The summed E-state index contributed by atoms with van der Waals surface area (Å²) < 4.78 is 5.28. The topological polar surface area (TPSA) is 75.4 Å². The van der Waals surface area contributed by atoms with Crippen molar-refractivity contribution in [2.75, 3.05) is 18.0 Å². The highest BCUT2D eigenvalue weighted by molar-refractivity contribution is 5.88. The Kier molecular flexibility index (Phi) is 4.75. The van der Waals surface area contributed by atoms with Gasteiger partial charge in [-0.25, -0.2) is 4.98 Å². The zero-order valence-corrected chi connectivity index (χ0v) is 15.6. The lowest BCUT2D eigenvalue weighted by atomic mass is 10.1. The van der Waals surface area contributed by atoms with Gasteiger partial charge in [-0.15, -0.1) is 0 Å². The molecule has 0 aliphatic carbocycles. The zero-order chi connectivity index (χ0) is 18.8. The fraction of sp³-hybridized carbons (Fsp3) is 0.400. The highest BCUT2D eigenvalue weighted by Gasteiger charge is 2.30. The molecule has 1 aliphatic rings. The van der Waals surface area contributed by atoms with E-state index in [1.165, 1.54) is 6.33 Å². The van der Waals surface area contributed by atoms with E-state index >= 15 is 0 Å². The number of carbonyl (C=O) groups is 1. The first kappa shape index (κ1) is 17.5. The van der Waals surface area contributed by atoms with Crippen LogP contribution in [0.15, 0.2) is 41.2 Å². The van der Waals surface area contributed by atoms with Gasteiger partial charge in [0, 0.05) is 32.1 Å². The Bertz CT molecular complexity index is 940. The van der Waals surface area contributed by atoms with Crippen LogP contribution >= 0.6 is 0 Å². The average Bonchev–Trinajstić information content (AvgIpc) is 3.01. The monoisotopic (exact) mass is 365 g/mol. The lowest BCUT2D eigenvalue weighted by molar-refractivity contribution is -0.133. The van der Waals surface area contributed by atoms with Crippen LogP contribution < -0.4 is 4.90 Å². The molecule has 1 aromatic carbocycles. The molecule has 140 valence electrons. The van der Waals surface area contributed by atoms with E-state index in [0.29, 0.717) is 25.2 Å². The van der Waals surface area contributed by atoms with E-state index in [9.17, 15) is 4.79 Å². The minimum Gasteiger partial charge on any atom is -0.353 e. The lowest BCUT2D eigenvalue weighted by Crippen LogP contribution is -2.42. The van der Waals surface area contributed by atoms with Gasteiger partial charge in [0.1, 0.15) is 17.5 Å². The second kappa shape index (κ2) is 7.34. The fourth-order valence-corrected chi connectivity index (χ4v) is 3.70. The molecule has 1 atom stereocenters. The summed E-state index contributed by atoms with van der Waals surface area (Å²) >= 11 is 0. The zero-order valence-electron chi connectivity index (χ0n) is 15.6. The van der Waals surface area contributed by atoms with Crippen molar-refractivity contribution in [3.63, 3.8) is 0 Å². The summed E-state index contributed by atoms with van der Waals surface area (Å²) in [4.78, 5) is 25.7. The van der Waals surface area contributed by atoms with E-state index in [1.54, 1.807) is 0 Å². The Morgan fingerprint density at radius 1 is 1.22 bits per heavy atom. The van der Waals surface area contributed by atoms with Crippen molar-refractivity contribution in [2.45, 2.75) is 39.3 Å². The molecule has 0 spiro atoms. The highest BCUT2D eigenvalue weighted by Crippen LogP contribution is 2.28. The van der Waals surface area contributed by atoms with E-state index in [0.717, 1.165) is 35.4 Å². The van der Waals surface area contributed by atoms with Crippen molar-refractivity contribution in [1.29, 1.82) is 0 Å². The quantitative estimate of drug-likeness (QED) is 0.708. The largest absolute Gasteiger partial charge is 0.353 e. The first-order valence-corrected chi connectivity index (χ1v) is 9.32. The molecule has 3 heterocycles. The molecule has 7 nitrogen and oxygen atoms in total. The number of carbonyl (C=O) groups excluding carboxylic acids is 1. The van der Waals surface area contributed by atoms with Crippen molar-refractivity contribution in [3.8, 4) is 0 Å². The van der Waals surface area contributed by atoms with Crippen molar-refractivity contribution in [3.05, 3.63) is 47.9 Å². The molecule has 1 aliphatic heterocycles. The third-order valence-electron chi connectivity index (χ3n) is 5.18. The molecule has 1 fully saturated rings. The van der Waals surface area contributed by atoms with E-state index < -0.39 is 0 Å².